The number of rotatable bonds is 7. The molecule has 0 aliphatic heterocycles. The number of non-ortho nitro benzene ring substituents is 1. The minimum Gasteiger partial charge on any atom is -0.382 e. The van der Waals surface area contributed by atoms with Gasteiger partial charge in [-0.15, -0.1) is 0 Å². The van der Waals surface area contributed by atoms with E-state index in [9.17, 15) is 10.1 Å². The van der Waals surface area contributed by atoms with Crippen molar-refractivity contribution < 1.29 is 4.92 Å². The summed E-state index contributed by atoms with van der Waals surface area (Å²) in [5.74, 6) is 2.24. The summed E-state index contributed by atoms with van der Waals surface area (Å²) < 4.78 is 0. The Morgan fingerprint density at radius 1 is 1.50 bits per heavy atom. The highest BCUT2D eigenvalue weighted by Crippen LogP contribution is 2.23. The van der Waals surface area contributed by atoms with Gasteiger partial charge >= 0.3 is 0 Å². The molecule has 0 aliphatic rings. The van der Waals surface area contributed by atoms with E-state index < -0.39 is 0 Å². The first-order valence-electron chi connectivity index (χ1n) is 6.14. The van der Waals surface area contributed by atoms with Crippen molar-refractivity contribution in [2.45, 2.75) is 33.2 Å². The van der Waals surface area contributed by atoms with Crippen LogP contribution in [0.15, 0.2) is 18.2 Å². The van der Waals surface area contributed by atoms with Crippen molar-refractivity contribution >= 4 is 23.1 Å². The molecule has 0 heterocycles. The molecule has 0 spiro atoms. The van der Waals surface area contributed by atoms with Crippen LogP contribution in [0.3, 0.4) is 0 Å². The Morgan fingerprint density at radius 2 is 2.22 bits per heavy atom. The lowest BCUT2D eigenvalue weighted by atomic mass is 10.1. The number of nitrogens with one attached hydrogen (secondary N) is 1. The normalized spacial score (nSPS) is 12.2. The monoisotopic (exact) mass is 268 g/mol. The molecule has 100 valence electrons. The van der Waals surface area contributed by atoms with Gasteiger partial charge in [-0.25, -0.2) is 0 Å². The van der Waals surface area contributed by atoms with Gasteiger partial charge in [0.15, 0.2) is 0 Å². The van der Waals surface area contributed by atoms with Gasteiger partial charge in [-0.1, -0.05) is 13.0 Å². The van der Waals surface area contributed by atoms with Gasteiger partial charge in [0, 0.05) is 23.9 Å². The van der Waals surface area contributed by atoms with Gasteiger partial charge in [0.2, 0.25) is 0 Å². The molecule has 0 radical (unpaired) electrons. The van der Waals surface area contributed by atoms with Crippen molar-refractivity contribution in [1.29, 1.82) is 0 Å². The van der Waals surface area contributed by atoms with Gasteiger partial charge < -0.3 is 5.32 Å². The van der Waals surface area contributed by atoms with E-state index in [1.807, 2.05) is 18.7 Å². The predicted molar refractivity (Wildman–Crippen MR) is 78.5 cm³/mol. The molecule has 0 fully saturated rings. The van der Waals surface area contributed by atoms with Gasteiger partial charge in [0.25, 0.3) is 5.69 Å². The van der Waals surface area contributed by atoms with Crippen LogP contribution in [0.5, 0.6) is 0 Å². The lowest BCUT2D eigenvalue weighted by molar-refractivity contribution is -0.384. The molecule has 18 heavy (non-hydrogen) atoms. The Balaban J connectivity index is 2.65. The minimum atomic E-state index is -0.359. The third-order valence-electron chi connectivity index (χ3n) is 2.73. The number of nitro groups is 1. The molecule has 1 N–H and O–H groups in total. The smallest absolute Gasteiger partial charge is 0.271 e. The van der Waals surface area contributed by atoms with Crippen LogP contribution in [0, 0.1) is 17.0 Å². The van der Waals surface area contributed by atoms with E-state index >= 15 is 0 Å². The van der Waals surface area contributed by atoms with Crippen LogP contribution in [0.2, 0.25) is 0 Å². The Morgan fingerprint density at radius 3 is 2.83 bits per heavy atom. The largest absolute Gasteiger partial charge is 0.382 e. The third-order valence-corrected chi connectivity index (χ3v) is 3.67. The second kappa shape index (κ2) is 7.26. The number of nitro benzene ring substituents is 1. The molecular formula is C13H20N2O2S. The maximum Gasteiger partial charge on any atom is 0.271 e. The molecule has 0 bridgehead atoms. The fraction of sp³-hybridized carbons (Fsp3) is 0.538. The van der Waals surface area contributed by atoms with Crippen molar-refractivity contribution in [2.24, 2.45) is 0 Å². The predicted octanol–water partition coefficient (Wildman–Crippen LogP) is 3.85. The fourth-order valence-corrected chi connectivity index (χ4v) is 2.43. The highest BCUT2D eigenvalue weighted by atomic mass is 32.2. The summed E-state index contributed by atoms with van der Waals surface area (Å²) in [6.45, 7) is 6.21. The zero-order valence-electron chi connectivity index (χ0n) is 11.1. The number of nitrogens with zero attached hydrogens (tertiary/aromatic N) is 1. The zero-order valence-corrected chi connectivity index (χ0v) is 11.9. The molecule has 0 aliphatic carbocycles. The average molecular weight is 268 g/mol. The Bertz CT molecular complexity index is 410. The quantitative estimate of drug-likeness (QED) is 0.463. The molecule has 0 saturated carbocycles. The second-order valence-corrected chi connectivity index (χ2v) is 5.68. The first-order chi connectivity index (χ1) is 8.54. The van der Waals surface area contributed by atoms with Crippen molar-refractivity contribution in [3.63, 3.8) is 0 Å². The minimum absolute atomic E-state index is 0.137. The van der Waals surface area contributed by atoms with Gasteiger partial charge in [0.05, 0.1) is 4.92 Å². The summed E-state index contributed by atoms with van der Waals surface area (Å²) in [4.78, 5) is 10.4. The Kier molecular flexibility index (Phi) is 5.98. The molecule has 1 aromatic rings. The third kappa shape index (κ3) is 4.56. The molecule has 0 saturated heterocycles. The Labute approximate surface area is 112 Å². The van der Waals surface area contributed by atoms with Gasteiger partial charge in [-0.3, -0.25) is 10.1 Å². The van der Waals surface area contributed by atoms with Crippen LogP contribution < -0.4 is 5.32 Å². The van der Waals surface area contributed by atoms with E-state index in [-0.39, 0.29) is 10.6 Å². The van der Waals surface area contributed by atoms with Crippen molar-refractivity contribution in [2.75, 3.05) is 16.8 Å². The Hall–Kier alpha value is -1.23. The van der Waals surface area contributed by atoms with Crippen molar-refractivity contribution in [1.82, 2.24) is 0 Å². The average Bonchev–Trinajstić information content (AvgIpc) is 2.32. The van der Waals surface area contributed by atoms with Crippen LogP contribution in [0.4, 0.5) is 11.4 Å². The molecule has 0 aromatic heterocycles. The molecule has 1 atom stereocenters. The van der Waals surface area contributed by atoms with Crippen LogP contribution in [0.1, 0.15) is 25.8 Å². The number of hydrogen-bond donors (Lipinski definition) is 1. The molecule has 1 aromatic carbocycles. The number of thioether (sulfide) groups is 1. The number of hydrogen-bond acceptors (Lipinski definition) is 4. The maximum absolute atomic E-state index is 10.7. The SMILES string of the molecule is CCSCCC(C)Nc1cc([N+](=O)[O-])ccc1C. The second-order valence-electron chi connectivity index (χ2n) is 4.29. The maximum atomic E-state index is 10.7. The molecule has 4 nitrogen and oxygen atoms in total. The van der Waals surface area contributed by atoms with E-state index in [2.05, 4.69) is 19.2 Å². The van der Waals surface area contributed by atoms with Crippen LogP contribution in [-0.2, 0) is 0 Å². The van der Waals surface area contributed by atoms with Crippen LogP contribution >= 0.6 is 11.8 Å². The summed E-state index contributed by atoms with van der Waals surface area (Å²) >= 11 is 1.91. The van der Waals surface area contributed by atoms with Gasteiger partial charge in [-0.05, 0) is 37.3 Å². The van der Waals surface area contributed by atoms with Gasteiger partial charge in [-0.2, -0.15) is 11.8 Å². The lowest BCUT2D eigenvalue weighted by Gasteiger charge is -2.16. The number of aryl methyl sites for hydroxylation is 1. The summed E-state index contributed by atoms with van der Waals surface area (Å²) in [7, 11) is 0. The highest BCUT2D eigenvalue weighted by molar-refractivity contribution is 7.99. The molecule has 0 amide bonds. The highest BCUT2D eigenvalue weighted by Gasteiger charge is 2.10. The zero-order chi connectivity index (χ0) is 13.5. The first-order valence-corrected chi connectivity index (χ1v) is 7.29. The standard InChI is InChI=1S/C13H20N2O2S/c1-4-18-8-7-11(3)14-13-9-12(15(16)17)6-5-10(13)2/h5-6,9,11,14H,4,7-8H2,1-3H3. The topological polar surface area (TPSA) is 55.2 Å². The molecule has 1 rings (SSSR count). The first kappa shape index (κ1) is 14.8. The van der Waals surface area contributed by atoms with Crippen molar-refractivity contribution in [3.05, 3.63) is 33.9 Å². The van der Waals surface area contributed by atoms with E-state index in [4.69, 9.17) is 0 Å². The van der Waals surface area contributed by atoms with Crippen molar-refractivity contribution in [3.8, 4) is 0 Å². The molecular weight excluding hydrogens is 248 g/mol. The molecule has 1 unspecified atom stereocenters. The van der Waals surface area contributed by atoms with Crippen LogP contribution in [0.25, 0.3) is 0 Å². The summed E-state index contributed by atoms with van der Waals surface area (Å²) in [5, 5.41) is 14.1. The molecule has 5 heteroatoms. The van der Waals surface area contributed by atoms with E-state index in [0.29, 0.717) is 6.04 Å². The summed E-state index contributed by atoms with van der Waals surface area (Å²) in [6, 6.07) is 5.26. The van der Waals surface area contributed by atoms with Gasteiger partial charge in [0.1, 0.15) is 0 Å². The van der Waals surface area contributed by atoms with Crippen LogP contribution in [-0.4, -0.2) is 22.5 Å². The summed E-state index contributed by atoms with van der Waals surface area (Å²) in [6.07, 6.45) is 1.06. The number of benzene rings is 1. The fourth-order valence-electron chi connectivity index (χ4n) is 1.62. The van der Waals surface area contributed by atoms with E-state index in [0.717, 1.165) is 29.2 Å². The summed E-state index contributed by atoms with van der Waals surface area (Å²) in [5.41, 5.74) is 2.03. The number of anilines is 1. The van der Waals surface area contributed by atoms with E-state index in [1.165, 1.54) is 6.07 Å². The lowest BCUT2D eigenvalue weighted by Crippen LogP contribution is -2.16. The van der Waals surface area contributed by atoms with E-state index in [1.54, 1.807) is 12.1 Å².